The van der Waals surface area contributed by atoms with E-state index < -0.39 is 10.0 Å². The van der Waals surface area contributed by atoms with Gasteiger partial charge in [0.05, 0.1) is 23.5 Å². The molecule has 0 aliphatic carbocycles. The zero-order valence-electron chi connectivity index (χ0n) is 11.3. The Morgan fingerprint density at radius 1 is 1.48 bits per heavy atom. The van der Waals surface area contributed by atoms with Crippen molar-refractivity contribution < 1.29 is 13.2 Å². The van der Waals surface area contributed by atoms with Crippen LogP contribution >= 0.6 is 27.5 Å². The number of sulfonamides is 1. The Balaban J connectivity index is 2.41. The van der Waals surface area contributed by atoms with Gasteiger partial charge in [0.15, 0.2) is 10.8 Å². The van der Waals surface area contributed by atoms with Gasteiger partial charge in [-0.1, -0.05) is 18.5 Å². The van der Waals surface area contributed by atoms with Crippen LogP contribution in [0.25, 0.3) is 0 Å². The summed E-state index contributed by atoms with van der Waals surface area (Å²) < 4.78 is 32.8. The highest BCUT2D eigenvalue weighted by molar-refractivity contribution is 9.10. The first-order valence-corrected chi connectivity index (χ1v) is 8.62. The fourth-order valence-electron chi connectivity index (χ4n) is 1.70. The minimum absolute atomic E-state index is 0.0162. The van der Waals surface area contributed by atoms with Gasteiger partial charge >= 0.3 is 0 Å². The summed E-state index contributed by atoms with van der Waals surface area (Å²) >= 11 is 9.21. The van der Waals surface area contributed by atoms with Crippen LogP contribution in [-0.2, 0) is 16.4 Å². The van der Waals surface area contributed by atoms with Crippen molar-refractivity contribution in [3.8, 4) is 5.75 Å². The number of ether oxygens (including phenoxy) is 1. The maximum atomic E-state index is 12.3. The largest absolute Gasteiger partial charge is 0.493 e. The first kappa shape index (κ1) is 16.1. The molecule has 1 heterocycles. The van der Waals surface area contributed by atoms with E-state index >= 15 is 0 Å². The second kappa shape index (κ2) is 6.25. The summed E-state index contributed by atoms with van der Waals surface area (Å²) in [4.78, 5) is 6.72. The molecule has 0 spiro atoms. The van der Waals surface area contributed by atoms with E-state index in [1.54, 1.807) is 6.07 Å². The number of methoxy groups -OCH3 is 1. The van der Waals surface area contributed by atoms with Crippen molar-refractivity contribution >= 4 is 43.2 Å². The molecule has 6 nitrogen and oxygen atoms in total. The molecular weight excluding hydrogens is 382 g/mol. The third-order valence-corrected chi connectivity index (χ3v) is 4.77. The van der Waals surface area contributed by atoms with E-state index in [2.05, 4.69) is 30.6 Å². The lowest BCUT2D eigenvalue weighted by atomic mass is 10.3. The summed E-state index contributed by atoms with van der Waals surface area (Å²) in [5.74, 6) is 0.938. The van der Waals surface area contributed by atoms with E-state index in [1.807, 2.05) is 6.92 Å². The molecule has 1 aromatic carbocycles. The topological polar surface area (TPSA) is 84.1 Å². The van der Waals surface area contributed by atoms with Crippen LogP contribution in [0.2, 0.25) is 5.02 Å². The second-order valence-corrected chi connectivity index (χ2v) is 7.06. The molecule has 0 unspecified atom stereocenters. The van der Waals surface area contributed by atoms with E-state index in [0.29, 0.717) is 27.5 Å². The van der Waals surface area contributed by atoms with Crippen molar-refractivity contribution in [1.82, 2.24) is 9.97 Å². The molecule has 9 heteroatoms. The van der Waals surface area contributed by atoms with Crippen LogP contribution in [0.3, 0.4) is 0 Å². The lowest BCUT2D eigenvalue weighted by molar-refractivity contribution is 0.414. The van der Waals surface area contributed by atoms with Crippen molar-refractivity contribution in [2.45, 2.75) is 18.4 Å². The average molecular weight is 395 g/mol. The van der Waals surface area contributed by atoms with E-state index in [4.69, 9.17) is 16.3 Å². The van der Waals surface area contributed by atoms with Crippen LogP contribution < -0.4 is 9.46 Å². The monoisotopic (exact) mass is 393 g/mol. The van der Waals surface area contributed by atoms with E-state index in [9.17, 15) is 8.42 Å². The maximum Gasteiger partial charge on any atom is 0.279 e. The smallest absolute Gasteiger partial charge is 0.279 e. The molecule has 2 aromatic rings. The minimum Gasteiger partial charge on any atom is -0.493 e. The van der Waals surface area contributed by atoms with E-state index in [0.717, 1.165) is 0 Å². The Labute approximate surface area is 136 Å². The molecule has 0 radical (unpaired) electrons. The molecule has 2 N–H and O–H groups in total. The predicted molar refractivity (Wildman–Crippen MR) is 84.5 cm³/mol. The molecule has 0 bridgehead atoms. The molecule has 0 fully saturated rings. The minimum atomic E-state index is -3.80. The molecule has 2 rings (SSSR count). The van der Waals surface area contributed by atoms with Gasteiger partial charge in [0.2, 0.25) is 0 Å². The summed E-state index contributed by atoms with van der Waals surface area (Å²) in [5.41, 5.74) is 0.240. The zero-order chi connectivity index (χ0) is 15.6. The van der Waals surface area contributed by atoms with Gasteiger partial charge in [-0.3, -0.25) is 4.72 Å². The number of H-pyrrole nitrogens is 1. The van der Waals surface area contributed by atoms with Crippen LogP contribution in [-0.4, -0.2) is 25.5 Å². The molecule has 0 atom stereocenters. The van der Waals surface area contributed by atoms with Crippen LogP contribution in [0.4, 0.5) is 5.69 Å². The van der Waals surface area contributed by atoms with Crippen LogP contribution in [0.15, 0.2) is 27.8 Å². The van der Waals surface area contributed by atoms with Gasteiger partial charge in [0.1, 0.15) is 5.82 Å². The molecule has 1 aromatic heterocycles. The quantitative estimate of drug-likeness (QED) is 0.815. The summed E-state index contributed by atoms with van der Waals surface area (Å²) in [5, 5.41) is 0.358. The molecule has 0 aliphatic heterocycles. The van der Waals surface area contributed by atoms with Gasteiger partial charge in [-0.05, 0) is 28.1 Å². The normalized spacial score (nSPS) is 11.4. The highest BCUT2D eigenvalue weighted by atomic mass is 79.9. The number of hydrogen-bond donors (Lipinski definition) is 2. The van der Waals surface area contributed by atoms with Gasteiger partial charge in [-0.15, -0.1) is 0 Å². The zero-order valence-corrected chi connectivity index (χ0v) is 14.4. The van der Waals surface area contributed by atoms with E-state index in [-0.39, 0.29) is 10.7 Å². The van der Waals surface area contributed by atoms with Crippen LogP contribution in [0, 0.1) is 0 Å². The number of halogens is 2. The lowest BCUT2D eigenvalue weighted by Gasteiger charge is -2.12. The van der Waals surface area contributed by atoms with Crippen molar-refractivity contribution in [3.05, 3.63) is 33.6 Å². The van der Waals surface area contributed by atoms with Gasteiger partial charge < -0.3 is 9.72 Å². The third kappa shape index (κ3) is 3.50. The first-order valence-electron chi connectivity index (χ1n) is 5.97. The van der Waals surface area contributed by atoms with Gasteiger partial charge in [0.25, 0.3) is 10.0 Å². The van der Waals surface area contributed by atoms with Crippen molar-refractivity contribution in [1.29, 1.82) is 0 Å². The van der Waals surface area contributed by atoms with Crippen molar-refractivity contribution in [2.24, 2.45) is 0 Å². The lowest BCUT2D eigenvalue weighted by Crippen LogP contribution is -2.14. The Bertz CT molecular complexity index is 761. The number of aromatic amines is 1. The average Bonchev–Trinajstić information content (AvgIpc) is 2.87. The number of nitrogens with one attached hydrogen (secondary N) is 2. The Kier molecular flexibility index (Phi) is 4.80. The summed E-state index contributed by atoms with van der Waals surface area (Å²) in [6, 6.07) is 3.09. The molecule has 0 saturated heterocycles. The summed E-state index contributed by atoms with van der Waals surface area (Å²) in [6.45, 7) is 1.87. The summed E-state index contributed by atoms with van der Waals surface area (Å²) in [7, 11) is -2.35. The first-order chi connectivity index (χ1) is 9.87. The number of benzene rings is 1. The van der Waals surface area contributed by atoms with Gasteiger partial charge in [0, 0.05) is 11.4 Å². The van der Waals surface area contributed by atoms with Crippen LogP contribution in [0.5, 0.6) is 5.75 Å². The maximum absolute atomic E-state index is 12.3. The number of aromatic nitrogens is 2. The molecule has 114 valence electrons. The highest BCUT2D eigenvalue weighted by Gasteiger charge is 2.20. The molecular formula is C12H13BrClN3O3S. The van der Waals surface area contributed by atoms with E-state index in [1.165, 1.54) is 19.4 Å². The van der Waals surface area contributed by atoms with Crippen molar-refractivity contribution in [2.75, 3.05) is 11.8 Å². The molecule has 0 saturated carbocycles. The fraction of sp³-hybridized carbons (Fsp3) is 0.250. The Hall–Kier alpha value is -1.25. The highest BCUT2D eigenvalue weighted by Crippen LogP contribution is 2.37. The van der Waals surface area contributed by atoms with Gasteiger partial charge in [-0.25, -0.2) is 4.98 Å². The number of anilines is 1. The third-order valence-electron chi connectivity index (χ3n) is 2.69. The second-order valence-electron chi connectivity index (χ2n) is 4.12. The number of imidazole rings is 1. The Morgan fingerprint density at radius 2 is 2.19 bits per heavy atom. The van der Waals surface area contributed by atoms with Crippen molar-refractivity contribution in [3.63, 3.8) is 0 Å². The molecule has 0 amide bonds. The van der Waals surface area contributed by atoms with Gasteiger partial charge in [-0.2, -0.15) is 8.42 Å². The fourth-order valence-corrected chi connectivity index (χ4v) is 3.67. The van der Waals surface area contributed by atoms with Crippen LogP contribution in [0.1, 0.15) is 12.7 Å². The predicted octanol–water partition coefficient (Wildman–Crippen LogP) is 3.20. The number of rotatable bonds is 5. The summed E-state index contributed by atoms with van der Waals surface area (Å²) in [6.07, 6.45) is 1.88. The number of aryl methyl sites for hydroxylation is 1. The number of hydrogen-bond acceptors (Lipinski definition) is 4. The standard InChI is InChI=1S/C12H13BrClN3O3S/c1-3-10-15-6-11(16-10)21(18,19)17-9-5-7(14)4-8(13)12(9)20-2/h4-6,17H,3H2,1-2H3,(H,15,16). The number of nitrogens with zero attached hydrogens (tertiary/aromatic N) is 1. The SMILES string of the molecule is CCc1ncc(S(=O)(=O)Nc2cc(Cl)cc(Br)c2OC)[nH]1. The molecule has 21 heavy (non-hydrogen) atoms. The Morgan fingerprint density at radius 3 is 2.76 bits per heavy atom. The molecule has 0 aliphatic rings.